The lowest BCUT2D eigenvalue weighted by molar-refractivity contribution is -0.143. The highest BCUT2D eigenvalue weighted by molar-refractivity contribution is 5.70. The standard InChI is InChI=1S/C12H16FNO3/c1-3-17-12(15)7-11(14)9-5-4-8(16-2)6-10(9)13/h4-6,11H,3,7,14H2,1-2H3/t11-/m1/s1. The summed E-state index contributed by atoms with van der Waals surface area (Å²) in [5.41, 5.74) is 6.01. The molecule has 0 amide bonds. The normalized spacial score (nSPS) is 12.0. The Morgan fingerprint density at radius 3 is 2.76 bits per heavy atom. The van der Waals surface area contributed by atoms with Crippen molar-refractivity contribution in [3.8, 4) is 5.75 Å². The van der Waals surface area contributed by atoms with E-state index >= 15 is 0 Å². The van der Waals surface area contributed by atoms with E-state index in [1.165, 1.54) is 19.2 Å². The van der Waals surface area contributed by atoms with Gasteiger partial charge in [-0.3, -0.25) is 4.79 Å². The zero-order valence-corrected chi connectivity index (χ0v) is 9.90. The molecule has 0 aliphatic carbocycles. The Balaban J connectivity index is 2.75. The summed E-state index contributed by atoms with van der Waals surface area (Å²) in [6, 6.07) is 3.64. The summed E-state index contributed by atoms with van der Waals surface area (Å²) in [6.45, 7) is 1.99. The van der Waals surface area contributed by atoms with Gasteiger partial charge in [0.05, 0.1) is 20.1 Å². The van der Waals surface area contributed by atoms with Crippen LogP contribution in [0.1, 0.15) is 24.9 Å². The first-order valence-corrected chi connectivity index (χ1v) is 5.33. The second kappa shape index (κ2) is 6.20. The van der Waals surface area contributed by atoms with Crippen LogP contribution in [0.4, 0.5) is 4.39 Å². The quantitative estimate of drug-likeness (QED) is 0.798. The SMILES string of the molecule is CCOC(=O)C[C@@H](N)c1ccc(OC)cc1F. The highest BCUT2D eigenvalue weighted by atomic mass is 19.1. The maximum atomic E-state index is 13.6. The molecule has 94 valence electrons. The predicted molar refractivity (Wildman–Crippen MR) is 61.1 cm³/mol. The van der Waals surface area contributed by atoms with Gasteiger partial charge in [0.25, 0.3) is 0 Å². The number of halogens is 1. The van der Waals surface area contributed by atoms with E-state index in [2.05, 4.69) is 0 Å². The number of carbonyl (C=O) groups excluding carboxylic acids is 1. The minimum Gasteiger partial charge on any atom is -0.497 e. The largest absolute Gasteiger partial charge is 0.497 e. The van der Waals surface area contributed by atoms with Crippen molar-refractivity contribution in [2.24, 2.45) is 5.73 Å². The highest BCUT2D eigenvalue weighted by Gasteiger charge is 2.16. The van der Waals surface area contributed by atoms with Gasteiger partial charge in [0.1, 0.15) is 11.6 Å². The van der Waals surface area contributed by atoms with Crippen LogP contribution in [-0.2, 0) is 9.53 Å². The maximum absolute atomic E-state index is 13.6. The molecule has 1 aromatic carbocycles. The van der Waals surface area contributed by atoms with E-state index in [0.717, 1.165) is 0 Å². The van der Waals surface area contributed by atoms with Gasteiger partial charge in [0, 0.05) is 17.7 Å². The van der Waals surface area contributed by atoms with Crippen molar-refractivity contribution >= 4 is 5.97 Å². The number of benzene rings is 1. The topological polar surface area (TPSA) is 61.5 Å². The molecule has 0 radical (unpaired) electrons. The molecule has 1 rings (SSSR count). The van der Waals surface area contributed by atoms with Crippen LogP contribution in [0.2, 0.25) is 0 Å². The van der Waals surface area contributed by atoms with Crippen LogP contribution in [0.5, 0.6) is 5.75 Å². The molecule has 0 aliphatic heterocycles. The number of carbonyl (C=O) groups is 1. The Labute approximate surface area is 99.5 Å². The van der Waals surface area contributed by atoms with Crippen molar-refractivity contribution in [2.75, 3.05) is 13.7 Å². The fraction of sp³-hybridized carbons (Fsp3) is 0.417. The molecule has 0 bridgehead atoms. The van der Waals surface area contributed by atoms with Crippen LogP contribution in [0.25, 0.3) is 0 Å². The number of hydrogen-bond donors (Lipinski definition) is 1. The van der Waals surface area contributed by atoms with Gasteiger partial charge in [-0.25, -0.2) is 4.39 Å². The van der Waals surface area contributed by atoms with Crippen LogP contribution < -0.4 is 10.5 Å². The van der Waals surface area contributed by atoms with E-state index in [1.807, 2.05) is 0 Å². The van der Waals surface area contributed by atoms with E-state index < -0.39 is 17.8 Å². The summed E-state index contributed by atoms with van der Waals surface area (Å²) < 4.78 is 23.2. The average molecular weight is 241 g/mol. The maximum Gasteiger partial charge on any atom is 0.307 e. The lowest BCUT2D eigenvalue weighted by Crippen LogP contribution is -2.18. The number of esters is 1. The molecule has 0 fully saturated rings. The molecule has 5 heteroatoms. The first-order valence-electron chi connectivity index (χ1n) is 5.33. The van der Waals surface area contributed by atoms with E-state index in [-0.39, 0.29) is 18.6 Å². The summed E-state index contributed by atoms with van der Waals surface area (Å²) in [5, 5.41) is 0. The van der Waals surface area contributed by atoms with Crippen molar-refractivity contribution in [1.29, 1.82) is 0 Å². The van der Waals surface area contributed by atoms with E-state index in [1.54, 1.807) is 13.0 Å². The summed E-state index contributed by atoms with van der Waals surface area (Å²) in [4.78, 5) is 11.2. The van der Waals surface area contributed by atoms with Gasteiger partial charge in [-0.2, -0.15) is 0 Å². The van der Waals surface area contributed by atoms with Gasteiger partial charge >= 0.3 is 5.97 Å². The van der Waals surface area contributed by atoms with Crippen molar-refractivity contribution < 1.29 is 18.7 Å². The van der Waals surface area contributed by atoms with Crippen molar-refractivity contribution in [1.82, 2.24) is 0 Å². The van der Waals surface area contributed by atoms with E-state index in [9.17, 15) is 9.18 Å². The summed E-state index contributed by atoms with van der Waals surface area (Å²) in [7, 11) is 1.45. The van der Waals surface area contributed by atoms with Crippen molar-refractivity contribution in [3.05, 3.63) is 29.6 Å². The third-order valence-corrected chi connectivity index (χ3v) is 2.30. The Bertz CT molecular complexity index is 395. The zero-order valence-electron chi connectivity index (χ0n) is 9.90. The third kappa shape index (κ3) is 3.71. The lowest BCUT2D eigenvalue weighted by atomic mass is 10.0. The number of ether oxygens (including phenoxy) is 2. The first-order chi connectivity index (χ1) is 8.08. The molecular weight excluding hydrogens is 225 g/mol. The fourth-order valence-electron chi connectivity index (χ4n) is 1.44. The summed E-state index contributed by atoms with van der Waals surface area (Å²) in [6.07, 6.45) is -0.0446. The van der Waals surface area contributed by atoms with Gasteiger partial charge in [0.2, 0.25) is 0 Å². The van der Waals surface area contributed by atoms with E-state index in [4.69, 9.17) is 15.2 Å². The molecule has 1 aromatic rings. The molecule has 0 unspecified atom stereocenters. The Morgan fingerprint density at radius 2 is 2.24 bits per heavy atom. The molecule has 0 saturated heterocycles. The minimum absolute atomic E-state index is 0.0446. The molecule has 4 nitrogen and oxygen atoms in total. The fourth-order valence-corrected chi connectivity index (χ4v) is 1.44. The van der Waals surface area contributed by atoms with Crippen LogP contribution in [0.15, 0.2) is 18.2 Å². The Hall–Kier alpha value is -1.62. The number of hydrogen-bond acceptors (Lipinski definition) is 4. The van der Waals surface area contributed by atoms with Crippen molar-refractivity contribution in [3.63, 3.8) is 0 Å². The smallest absolute Gasteiger partial charge is 0.307 e. The van der Waals surface area contributed by atoms with Gasteiger partial charge < -0.3 is 15.2 Å². The van der Waals surface area contributed by atoms with Gasteiger partial charge in [-0.1, -0.05) is 6.07 Å². The molecule has 0 aliphatic rings. The number of nitrogens with two attached hydrogens (primary N) is 1. The highest BCUT2D eigenvalue weighted by Crippen LogP contribution is 2.22. The zero-order chi connectivity index (χ0) is 12.8. The predicted octanol–water partition coefficient (Wildman–Crippen LogP) is 1.79. The monoisotopic (exact) mass is 241 g/mol. The number of rotatable bonds is 5. The minimum atomic E-state index is -0.708. The Morgan fingerprint density at radius 1 is 1.53 bits per heavy atom. The second-order valence-electron chi connectivity index (χ2n) is 3.50. The second-order valence-corrected chi connectivity index (χ2v) is 3.50. The molecule has 2 N–H and O–H groups in total. The molecule has 0 saturated carbocycles. The third-order valence-electron chi connectivity index (χ3n) is 2.30. The van der Waals surface area contributed by atoms with E-state index in [0.29, 0.717) is 5.75 Å². The first kappa shape index (κ1) is 13.4. The van der Waals surface area contributed by atoms with Gasteiger partial charge in [-0.05, 0) is 13.0 Å². The van der Waals surface area contributed by atoms with Gasteiger partial charge in [0.15, 0.2) is 0 Å². The van der Waals surface area contributed by atoms with Crippen LogP contribution in [-0.4, -0.2) is 19.7 Å². The molecule has 0 aromatic heterocycles. The molecule has 17 heavy (non-hydrogen) atoms. The molecule has 0 heterocycles. The Kier molecular flexibility index (Phi) is 4.90. The van der Waals surface area contributed by atoms with Gasteiger partial charge in [-0.15, -0.1) is 0 Å². The summed E-state index contributed by atoms with van der Waals surface area (Å²) in [5.74, 6) is -0.508. The van der Waals surface area contributed by atoms with Crippen LogP contribution in [0, 0.1) is 5.82 Å². The van der Waals surface area contributed by atoms with Crippen molar-refractivity contribution in [2.45, 2.75) is 19.4 Å². The summed E-state index contributed by atoms with van der Waals surface area (Å²) >= 11 is 0. The van der Waals surface area contributed by atoms with Crippen LogP contribution >= 0.6 is 0 Å². The average Bonchev–Trinajstić information content (AvgIpc) is 2.28. The number of methoxy groups -OCH3 is 1. The van der Waals surface area contributed by atoms with Crippen LogP contribution in [0.3, 0.4) is 0 Å². The lowest BCUT2D eigenvalue weighted by Gasteiger charge is -2.12. The molecule has 0 spiro atoms. The molecule has 1 atom stereocenters. The molecular formula is C12H16FNO3.